The zero-order chi connectivity index (χ0) is 19.2. The van der Waals surface area contributed by atoms with Crippen LogP contribution in [0.2, 0.25) is 0 Å². The Morgan fingerprint density at radius 1 is 0.926 bits per heavy atom. The lowest BCUT2D eigenvalue weighted by Gasteiger charge is -2.27. The Hall–Kier alpha value is -3.02. The molecule has 0 atom stereocenters. The maximum Gasteiger partial charge on any atom is 0.259 e. The number of anilines is 1. The smallest absolute Gasteiger partial charge is 0.259 e. The van der Waals surface area contributed by atoms with E-state index in [1.54, 1.807) is 49.6 Å². The van der Waals surface area contributed by atoms with Gasteiger partial charge in [0.15, 0.2) is 0 Å². The molecule has 6 heteroatoms. The molecule has 1 heterocycles. The SMILES string of the molecule is COc1ccc(C(=O)Nc2ccccc2C(=O)N2CCCCC2)c(OC)c1. The van der Waals surface area contributed by atoms with Crippen molar-refractivity contribution in [2.75, 3.05) is 32.6 Å². The molecule has 0 saturated carbocycles. The van der Waals surface area contributed by atoms with Gasteiger partial charge in [-0.1, -0.05) is 12.1 Å². The second-order valence-electron chi connectivity index (χ2n) is 6.42. The van der Waals surface area contributed by atoms with Gasteiger partial charge < -0.3 is 19.7 Å². The molecule has 27 heavy (non-hydrogen) atoms. The molecule has 0 radical (unpaired) electrons. The van der Waals surface area contributed by atoms with Crippen molar-refractivity contribution in [1.82, 2.24) is 4.90 Å². The van der Waals surface area contributed by atoms with Crippen molar-refractivity contribution >= 4 is 17.5 Å². The van der Waals surface area contributed by atoms with Gasteiger partial charge >= 0.3 is 0 Å². The number of rotatable bonds is 5. The number of piperidine rings is 1. The number of carbonyl (C=O) groups excluding carboxylic acids is 2. The van der Waals surface area contributed by atoms with Crippen LogP contribution in [0, 0.1) is 0 Å². The van der Waals surface area contributed by atoms with Gasteiger partial charge in [0.05, 0.1) is 31.0 Å². The molecule has 3 rings (SSSR count). The summed E-state index contributed by atoms with van der Waals surface area (Å²) in [5.41, 5.74) is 1.37. The number of likely N-dealkylation sites (tertiary alicyclic amines) is 1. The lowest BCUT2D eigenvalue weighted by molar-refractivity contribution is 0.0725. The standard InChI is InChI=1S/C21H24N2O4/c1-26-15-10-11-17(19(14-15)27-2)20(24)22-18-9-5-4-8-16(18)21(25)23-12-6-3-7-13-23/h4-5,8-11,14H,3,6-7,12-13H2,1-2H3,(H,22,24). The van der Waals surface area contributed by atoms with Crippen LogP contribution in [0.5, 0.6) is 11.5 Å². The minimum Gasteiger partial charge on any atom is -0.497 e. The third-order valence-corrected chi connectivity index (χ3v) is 4.70. The largest absolute Gasteiger partial charge is 0.497 e. The molecule has 0 unspecified atom stereocenters. The average molecular weight is 368 g/mol. The van der Waals surface area contributed by atoms with Crippen LogP contribution in [0.15, 0.2) is 42.5 Å². The molecule has 1 fully saturated rings. The van der Waals surface area contributed by atoms with E-state index in [2.05, 4.69) is 5.32 Å². The summed E-state index contributed by atoms with van der Waals surface area (Å²) in [7, 11) is 3.05. The van der Waals surface area contributed by atoms with Crippen molar-refractivity contribution in [3.05, 3.63) is 53.6 Å². The summed E-state index contributed by atoms with van der Waals surface area (Å²) in [4.78, 5) is 27.5. The lowest BCUT2D eigenvalue weighted by Crippen LogP contribution is -2.36. The molecule has 0 spiro atoms. The van der Waals surface area contributed by atoms with Gasteiger partial charge in [0.25, 0.3) is 11.8 Å². The van der Waals surface area contributed by atoms with Crippen molar-refractivity contribution in [2.24, 2.45) is 0 Å². The normalized spacial score (nSPS) is 13.8. The molecule has 142 valence electrons. The minimum absolute atomic E-state index is 0.0488. The fourth-order valence-electron chi connectivity index (χ4n) is 3.22. The molecule has 2 amide bonds. The molecular weight excluding hydrogens is 344 g/mol. The summed E-state index contributed by atoms with van der Waals surface area (Å²) in [5.74, 6) is 0.622. The molecule has 1 aliphatic rings. The van der Waals surface area contributed by atoms with E-state index in [1.165, 1.54) is 7.11 Å². The maximum atomic E-state index is 12.9. The number of methoxy groups -OCH3 is 2. The van der Waals surface area contributed by atoms with Crippen molar-refractivity contribution < 1.29 is 19.1 Å². The number of hydrogen-bond donors (Lipinski definition) is 1. The van der Waals surface area contributed by atoms with E-state index in [9.17, 15) is 9.59 Å². The van der Waals surface area contributed by atoms with Gasteiger partial charge in [0, 0.05) is 19.2 Å². The van der Waals surface area contributed by atoms with Gasteiger partial charge in [-0.3, -0.25) is 9.59 Å². The third kappa shape index (κ3) is 4.22. The molecule has 6 nitrogen and oxygen atoms in total. The quantitative estimate of drug-likeness (QED) is 0.876. The zero-order valence-corrected chi connectivity index (χ0v) is 15.7. The number of nitrogens with one attached hydrogen (secondary N) is 1. The van der Waals surface area contributed by atoms with Gasteiger partial charge in [0.2, 0.25) is 0 Å². The molecular formula is C21H24N2O4. The average Bonchev–Trinajstić information content (AvgIpc) is 2.73. The number of benzene rings is 2. The number of amides is 2. The first-order valence-corrected chi connectivity index (χ1v) is 9.05. The monoisotopic (exact) mass is 368 g/mol. The van der Waals surface area contributed by atoms with Gasteiger partial charge in [-0.15, -0.1) is 0 Å². The highest BCUT2D eigenvalue weighted by molar-refractivity contribution is 6.10. The minimum atomic E-state index is -0.339. The highest BCUT2D eigenvalue weighted by Crippen LogP contribution is 2.26. The summed E-state index contributed by atoms with van der Waals surface area (Å²) >= 11 is 0. The van der Waals surface area contributed by atoms with Crippen molar-refractivity contribution in [3.8, 4) is 11.5 Å². The summed E-state index contributed by atoms with van der Waals surface area (Å²) in [5, 5.41) is 2.85. The van der Waals surface area contributed by atoms with Crippen LogP contribution in [0.25, 0.3) is 0 Å². The Morgan fingerprint density at radius 2 is 1.67 bits per heavy atom. The molecule has 1 N–H and O–H groups in total. The lowest BCUT2D eigenvalue weighted by atomic mass is 10.1. The molecule has 1 aliphatic heterocycles. The van der Waals surface area contributed by atoms with Crippen LogP contribution < -0.4 is 14.8 Å². The van der Waals surface area contributed by atoms with E-state index in [4.69, 9.17) is 9.47 Å². The Labute approximate surface area is 159 Å². The number of para-hydroxylation sites is 1. The molecule has 0 bridgehead atoms. The number of ether oxygens (including phenoxy) is 2. The fourth-order valence-corrected chi connectivity index (χ4v) is 3.22. The summed E-state index contributed by atoms with van der Waals surface area (Å²) in [6.07, 6.45) is 3.19. The van der Waals surface area contributed by atoms with E-state index in [1.807, 2.05) is 4.90 Å². The Balaban J connectivity index is 1.84. The van der Waals surface area contributed by atoms with Crippen LogP contribution in [-0.2, 0) is 0 Å². The molecule has 0 aliphatic carbocycles. The van der Waals surface area contributed by atoms with Crippen LogP contribution in [-0.4, -0.2) is 44.0 Å². The predicted molar refractivity (Wildman–Crippen MR) is 104 cm³/mol. The van der Waals surface area contributed by atoms with Crippen LogP contribution >= 0.6 is 0 Å². The van der Waals surface area contributed by atoms with Crippen LogP contribution in [0.1, 0.15) is 40.0 Å². The van der Waals surface area contributed by atoms with E-state index in [0.29, 0.717) is 28.3 Å². The Morgan fingerprint density at radius 3 is 2.37 bits per heavy atom. The first-order chi connectivity index (χ1) is 13.1. The van der Waals surface area contributed by atoms with Gasteiger partial charge in [-0.2, -0.15) is 0 Å². The van der Waals surface area contributed by atoms with E-state index >= 15 is 0 Å². The van der Waals surface area contributed by atoms with Gasteiger partial charge in [-0.25, -0.2) is 0 Å². The summed E-state index contributed by atoms with van der Waals surface area (Å²) in [6.45, 7) is 1.51. The highest BCUT2D eigenvalue weighted by atomic mass is 16.5. The van der Waals surface area contributed by atoms with E-state index in [0.717, 1.165) is 32.4 Å². The molecule has 2 aromatic rings. The summed E-state index contributed by atoms with van der Waals surface area (Å²) < 4.78 is 10.5. The van der Waals surface area contributed by atoms with Crippen LogP contribution in [0.3, 0.4) is 0 Å². The molecule has 1 saturated heterocycles. The highest BCUT2D eigenvalue weighted by Gasteiger charge is 2.22. The first kappa shape index (κ1) is 18.8. The molecule has 0 aromatic heterocycles. The van der Waals surface area contributed by atoms with E-state index in [-0.39, 0.29) is 11.8 Å². The second-order valence-corrected chi connectivity index (χ2v) is 6.42. The van der Waals surface area contributed by atoms with Crippen LogP contribution in [0.4, 0.5) is 5.69 Å². The Bertz CT molecular complexity index is 829. The Kier molecular flexibility index (Phi) is 5.96. The van der Waals surface area contributed by atoms with Crippen molar-refractivity contribution in [3.63, 3.8) is 0 Å². The van der Waals surface area contributed by atoms with Gasteiger partial charge in [0.1, 0.15) is 11.5 Å². The van der Waals surface area contributed by atoms with Gasteiger partial charge in [-0.05, 0) is 43.5 Å². The molecule has 2 aromatic carbocycles. The van der Waals surface area contributed by atoms with E-state index < -0.39 is 0 Å². The fraction of sp³-hybridized carbons (Fsp3) is 0.333. The van der Waals surface area contributed by atoms with Crippen molar-refractivity contribution in [1.29, 1.82) is 0 Å². The number of carbonyl (C=O) groups is 2. The van der Waals surface area contributed by atoms with Crippen molar-refractivity contribution in [2.45, 2.75) is 19.3 Å². The maximum absolute atomic E-state index is 12.9. The topological polar surface area (TPSA) is 67.9 Å². The first-order valence-electron chi connectivity index (χ1n) is 9.05. The summed E-state index contributed by atoms with van der Waals surface area (Å²) in [6, 6.07) is 12.1. The zero-order valence-electron chi connectivity index (χ0n) is 15.7. The number of nitrogens with zero attached hydrogens (tertiary/aromatic N) is 1. The second kappa shape index (κ2) is 8.58. The number of hydrogen-bond acceptors (Lipinski definition) is 4. The predicted octanol–water partition coefficient (Wildman–Crippen LogP) is 3.58. The third-order valence-electron chi connectivity index (χ3n) is 4.70.